The van der Waals surface area contributed by atoms with Gasteiger partial charge in [-0.1, -0.05) is 0 Å². The molecular formula is C14H22N2O3S2. The van der Waals surface area contributed by atoms with Crippen LogP contribution >= 0.6 is 11.3 Å². The van der Waals surface area contributed by atoms with Crippen molar-refractivity contribution in [3.63, 3.8) is 0 Å². The second kappa shape index (κ2) is 5.96. The minimum atomic E-state index is -3.42. The molecule has 7 heteroatoms. The molecular weight excluding hydrogens is 308 g/mol. The van der Waals surface area contributed by atoms with E-state index in [1.54, 1.807) is 13.2 Å². The predicted molar refractivity (Wildman–Crippen MR) is 83.0 cm³/mol. The van der Waals surface area contributed by atoms with E-state index in [0.29, 0.717) is 16.8 Å². The summed E-state index contributed by atoms with van der Waals surface area (Å²) >= 11 is 1.28. The lowest BCUT2D eigenvalue weighted by Gasteiger charge is -2.40. The van der Waals surface area contributed by atoms with Gasteiger partial charge in [-0.05, 0) is 49.1 Å². The number of ether oxygens (including phenoxy) is 1. The first-order valence-electron chi connectivity index (χ1n) is 7.39. The fourth-order valence-corrected chi connectivity index (χ4v) is 4.83. The largest absolute Gasteiger partial charge is 0.377 e. The van der Waals surface area contributed by atoms with Gasteiger partial charge in [-0.3, -0.25) is 0 Å². The molecule has 0 radical (unpaired) electrons. The van der Waals surface area contributed by atoms with E-state index >= 15 is 0 Å². The molecule has 0 amide bonds. The summed E-state index contributed by atoms with van der Waals surface area (Å²) in [5.41, 5.74) is 0.748. The van der Waals surface area contributed by atoms with Crippen molar-refractivity contribution in [2.45, 2.75) is 54.5 Å². The van der Waals surface area contributed by atoms with Gasteiger partial charge < -0.3 is 10.1 Å². The van der Waals surface area contributed by atoms with Gasteiger partial charge in [0.15, 0.2) is 0 Å². The van der Waals surface area contributed by atoms with Crippen molar-refractivity contribution in [2.75, 3.05) is 13.7 Å². The van der Waals surface area contributed by atoms with Gasteiger partial charge in [-0.15, -0.1) is 11.3 Å². The summed E-state index contributed by atoms with van der Waals surface area (Å²) in [5.74, 6) is 0. The molecule has 0 saturated heterocycles. The Labute approximate surface area is 130 Å². The highest BCUT2D eigenvalue weighted by molar-refractivity contribution is 7.91. The topological polar surface area (TPSA) is 67.4 Å². The van der Waals surface area contributed by atoms with E-state index in [4.69, 9.17) is 4.74 Å². The monoisotopic (exact) mass is 330 g/mol. The maximum Gasteiger partial charge on any atom is 0.250 e. The van der Waals surface area contributed by atoms with Crippen molar-refractivity contribution in [1.82, 2.24) is 10.0 Å². The number of sulfonamides is 1. The van der Waals surface area contributed by atoms with Gasteiger partial charge in [0.2, 0.25) is 10.0 Å². The van der Waals surface area contributed by atoms with Crippen LogP contribution in [0.25, 0.3) is 0 Å². The van der Waals surface area contributed by atoms with Crippen molar-refractivity contribution in [3.8, 4) is 0 Å². The second-order valence-corrected chi connectivity index (χ2v) is 8.90. The summed E-state index contributed by atoms with van der Waals surface area (Å²) in [5, 5.41) is 5.31. The molecule has 2 fully saturated rings. The number of thiophene rings is 1. The maximum absolute atomic E-state index is 12.3. The summed E-state index contributed by atoms with van der Waals surface area (Å²) in [7, 11) is -1.77. The van der Waals surface area contributed by atoms with E-state index in [9.17, 15) is 8.42 Å². The third-order valence-electron chi connectivity index (χ3n) is 4.35. The number of rotatable bonds is 8. The van der Waals surface area contributed by atoms with Crippen LogP contribution < -0.4 is 10.0 Å². The van der Waals surface area contributed by atoms with Crippen LogP contribution in [-0.2, 0) is 21.3 Å². The number of methoxy groups -OCH3 is 1. The molecule has 21 heavy (non-hydrogen) atoms. The van der Waals surface area contributed by atoms with Crippen molar-refractivity contribution in [1.29, 1.82) is 0 Å². The first-order chi connectivity index (χ1) is 10.0. The Bertz CT molecular complexity index is 584. The molecule has 1 aromatic rings. The number of hydrogen-bond donors (Lipinski definition) is 2. The Kier molecular flexibility index (Phi) is 4.38. The van der Waals surface area contributed by atoms with Crippen molar-refractivity contribution < 1.29 is 13.2 Å². The smallest absolute Gasteiger partial charge is 0.250 e. The molecule has 2 aliphatic rings. The highest BCUT2D eigenvalue weighted by Gasteiger charge is 2.38. The molecule has 2 saturated carbocycles. The van der Waals surface area contributed by atoms with Gasteiger partial charge >= 0.3 is 0 Å². The third-order valence-corrected chi connectivity index (χ3v) is 7.24. The van der Waals surface area contributed by atoms with Crippen LogP contribution in [-0.4, -0.2) is 33.7 Å². The van der Waals surface area contributed by atoms with Crippen LogP contribution in [0.3, 0.4) is 0 Å². The Morgan fingerprint density at radius 3 is 2.76 bits per heavy atom. The molecule has 5 nitrogen and oxygen atoms in total. The van der Waals surface area contributed by atoms with Crippen LogP contribution in [0.4, 0.5) is 0 Å². The molecule has 118 valence electrons. The molecule has 2 N–H and O–H groups in total. The summed E-state index contributed by atoms with van der Waals surface area (Å²) in [6, 6.07) is 2.39. The van der Waals surface area contributed by atoms with Crippen LogP contribution in [0.15, 0.2) is 15.7 Å². The first-order valence-corrected chi connectivity index (χ1v) is 9.75. The SMILES string of the molecule is COC1(CNS(=O)(=O)c2cc(CNC3CC3)cs2)CCC1. The maximum atomic E-state index is 12.3. The van der Waals surface area contributed by atoms with Crippen molar-refractivity contribution in [3.05, 3.63) is 17.0 Å². The first kappa shape index (κ1) is 15.4. The molecule has 0 bridgehead atoms. The number of nitrogens with one attached hydrogen (secondary N) is 2. The van der Waals surface area contributed by atoms with E-state index in [1.807, 2.05) is 5.38 Å². The lowest BCUT2D eigenvalue weighted by atomic mass is 9.80. The minimum Gasteiger partial charge on any atom is -0.377 e. The number of hydrogen-bond acceptors (Lipinski definition) is 5. The Morgan fingerprint density at radius 1 is 1.43 bits per heavy atom. The molecule has 2 aliphatic carbocycles. The molecule has 1 heterocycles. The van der Waals surface area contributed by atoms with Crippen LogP contribution in [0, 0.1) is 0 Å². The molecule has 0 unspecified atom stereocenters. The highest BCUT2D eigenvalue weighted by Crippen LogP contribution is 2.34. The Balaban J connectivity index is 1.58. The van der Waals surface area contributed by atoms with Crippen LogP contribution in [0.5, 0.6) is 0 Å². The second-order valence-electron chi connectivity index (χ2n) is 5.99. The van der Waals surface area contributed by atoms with Gasteiger partial charge in [0.1, 0.15) is 4.21 Å². The molecule has 0 spiro atoms. The van der Waals surface area contributed by atoms with E-state index in [2.05, 4.69) is 10.0 Å². The molecule has 0 aromatic carbocycles. The zero-order chi connectivity index (χ0) is 14.9. The standard InChI is InChI=1S/C14H22N2O3S2/c1-19-14(5-2-6-14)10-16-21(17,18)13-7-11(9-20-13)8-15-12-3-4-12/h7,9,12,15-16H,2-6,8,10H2,1H3. The lowest BCUT2D eigenvalue weighted by molar-refractivity contribution is -0.0659. The van der Waals surface area contributed by atoms with E-state index < -0.39 is 10.0 Å². The van der Waals surface area contributed by atoms with E-state index in [0.717, 1.165) is 31.4 Å². The fourth-order valence-electron chi connectivity index (χ4n) is 2.46. The summed E-state index contributed by atoms with van der Waals surface area (Å²) in [4.78, 5) is 0. The van der Waals surface area contributed by atoms with Crippen LogP contribution in [0.2, 0.25) is 0 Å². The highest BCUT2D eigenvalue weighted by atomic mass is 32.2. The van der Waals surface area contributed by atoms with Crippen molar-refractivity contribution in [2.24, 2.45) is 0 Å². The fraction of sp³-hybridized carbons (Fsp3) is 0.714. The Hall–Kier alpha value is -0.470. The van der Waals surface area contributed by atoms with Gasteiger partial charge in [-0.2, -0.15) is 0 Å². The minimum absolute atomic E-state index is 0.291. The quantitative estimate of drug-likeness (QED) is 0.763. The molecule has 0 atom stereocenters. The normalized spacial score (nSPS) is 21.2. The Morgan fingerprint density at radius 2 is 2.19 bits per heavy atom. The molecule has 3 rings (SSSR count). The predicted octanol–water partition coefficient (Wildman–Crippen LogP) is 1.85. The van der Waals surface area contributed by atoms with Gasteiger partial charge in [0.05, 0.1) is 5.60 Å². The summed E-state index contributed by atoms with van der Waals surface area (Å²) < 4.78 is 33.2. The lowest BCUT2D eigenvalue weighted by Crippen LogP contribution is -2.49. The average molecular weight is 330 g/mol. The van der Waals surface area contributed by atoms with Crippen molar-refractivity contribution >= 4 is 21.4 Å². The average Bonchev–Trinajstić information content (AvgIpc) is 3.12. The molecule has 1 aromatic heterocycles. The summed E-state index contributed by atoms with van der Waals surface area (Å²) in [6.45, 7) is 1.11. The van der Waals surface area contributed by atoms with Gasteiger partial charge in [-0.25, -0.2) is 13.1 Å². The zero-order valence-corrected chi connectivity index (χ0v) is 13.9. The van der Waals surface area contributed by atoms with Gasteiger partial charge in [0, 0.05) is 26.2 Å². The van der Waals surface area contributed by atoms with E-state index in [-0.39, 0.29) is 5.60 Å². The van der Waals surface area contributed by atoms with E-state index in [1.165, 1.54) is 24.2 Å². The third kappa shape index (κ3) is 3.65. The van der Waals surface area contributed by atoms with Crippen LogP contribution in [0.1, 0.15) is 37.7 Å². The summed E-state index contributed by atoms with van der Waals surface area (Å²) in [6.07, 6.45) is 5.41. The van der Waals surface area contributed by atoms with Gasteiger partial charge in [0.25, 0.3) is 0 Å². The zero-order valence-electron chi connectivity index (χ0n) is 12.2. The molecule has 0 aliphatic heterocycles.